The van der Waals surface area contributed by atoms with E-state index in [0.29, 0.717) is 26.2 Å². The Bertz CT molecular complexity index is 1000. The number of halogens is 1. The Labute approximate surface area is 192 Å². The number of carbonyl (C=O) groups excluding carboxylic acids is 1. The molecule has 0 radical (unpaired) electrons. The summed E-state index contributed by atoms with van der Waals surface area (Å²) >= 11 is 1.66. The van der Waals surface area contributed by atoms with E-state index in [4.69, 9.17) is 4.74 Å². The van der Waals surface area contributed by atoms with Gasteiger partial charge in [-0.25, -0.2) is 12.8 Å². The summed E-state index contributed by atoms with van der Waals surface area (Å²) in [6, 6.07) is 9.44. The average molecular weight is 482 g/mol. The molecule has 2 saturated heterocycles. The van der Waals surface area contributed by atoms with Crippen molar-refractivity contribution in [2.45, 2.75) is 30.4 Å². The molecule has 2 aliphatic heterocycles. The number of sulfonamides is 1. The van der Waals surface area contributed by atoms with Crippen LogP contribution in [-0.2, 0) is 26.1 Å². The number of ether oxygens (including phenoxy) is 1. The fourth-order valence-corrected chi connectivity index (χ4v) is 6.38. The molecule has 1 aromatic carbocycles. The van der Waals surface area contributed by atoms with Crippen LogP contribution < -0.4 is 0 Å². The van der Waals surface area contributed by atoms with Crippen molar-refractivity contribution in [2.75, 3.05) is 45.9 Å². The summed E-state index contributed by atoms with van der Waals surface area (Å²) in [5.74, 6) is -0.785. The summed E-state index contributed by atoms with van der Waals surface area (Å²) in [7, 11) is -3.92. The van der Waals surface area contributed by atoms with E-state index in [1.165, 1.54) is 27.4 Å². The molecular formula is C22H28FN3O4S2. The van der Waals surface area contributed by atoms with Crippen LogP contribution in [0.3, 0.4) is 0 Å². The van der Waals surface area contributed by atoms with E-state index in [1.54, 1.807) is 16.2 Å². The molecule has 1 amide bonds. The first-order valence-corrected chi connectivity index (χ1v) is 13.1. The second-order valence-corrected chi connectivity index (χ2v) is 11.0. The largest absolute Gasteiger partial charge is 0.377 e. The van der Waals surface area contributed by atoms with Crippen LogP contribution in [0.2, 0.25) is 0 Å². The number of carbonyl (C=O) groups is 1. The minimum Gasteiger partial charge on any atom is -0.377 e. The highest BCUT2D eigenvalue weighted by Crippen LogP contribution is 2.21. The molecule has 1 aromatic heterocycles. The van der Waals surface area contributed by atoms with Gasteiger partial charge >= 0.3 is 0 Å². The van der Waals surface area contributed by atoms with E-state index in [2.05, 4.69) is 11.0 Å². The lowest BCUT2D eigenvalue weighted by molar-refractivity contribution is -0.134. The van der Waals surface area contributed by atoms with E-state index in [-0.39, 0.29) is 36.5 Å². The van der Waals surface area contributed by atoms with Crippen LogP contribution in [0.5, 0.6) is 0 Å². The molecule has 0 N–H and O–H groups in total. The Morgan fingerprint density at radius 3 is 2.59 bits per heavy atom. The highest BCUT2D eigenvalue weighted by atomic mass is 32.2. The molecule has 1 atom stereocenters. The van der Waals surface area contributed by atoms with Crippen LogP contribution in [0, 0.1) is 5.82 Å². The van der Waals surface area contributed by atoms with Crippen molar-refractivity contribution in [2.24, 2.45) is 0 Å². The third-order valence-corrected chi connectivity index (χ3v) is 8.64. The molecule has 0 aliphatic carbocycles. The molecule has 1 unspecified atom stereocenters. The maximum Gasteiger partial charge on any atom is 0.246 e. The van der Waals surface area contributed by atoms with E-state index < -0.39 is 15.8 Å². The Kier molecular flexibility index (Phi) is 7.57. The summed E-state index contributed by atoms with van der Waals surface area (Å²) in [4.78, 5) is 17.7. The van der Waals surface area contributed by atoms with Crippen molar-refractivity contribution in [3.05, 3.63) is 52.5 Å². The van der Waals surface area contributed by atoms with E-state index >= 15 is 0 Å². The van der Waals surface area contributed by atoms with Gasteiger partial charge in [0, 0.05) is 50.8 Å². The van der Waals surface area contributed by atoms with Crippen molar-refractivity contribution < 1.29 is 22.3 Å². The second kappa shape index (κ2) is 10.4. The monoisotopic (exact) mass is 481 g/mol. The molecule has 7 nitrogen and oxygen atoms in total. The van der Waals surface area contributed by atoms with Gasteiger partial charge in [-0.15, -0.1) is 11.3 Å². The molecule has 3 heterocycles. The first-order valence-electron chi connectivity index (χ1n) is 10.8. The maximum atomic E-state index is 14.0. The Hall–Kier alpha value is -1.85. The number of hydrogen-bond donors (Lipinski definition) is 0. The topological polar surface area (TPSA) is 70.2 Å². The molecule has 10 heteroatoms. The minimum absolute atomic E-state index is 0.0255. The predicted molar refractivity (Wildman–Crippen MR) is 120 cm³/mol. The molecule has 4 rings (SSSR count). The van der Waals surface area contributed by atoms with Crippen molar-refractivity contribution in [1.82, 2.24) is 14.1 Å². The fourth-order valence-electron chi connectivity index (χ4n) is 4.15. The van der Waals surface area contributed by atoms with Crippen LogP contribution in [0.15, 0.2) is 46.7 Å². The van der Waals surface area contributed by atoms with Crippen molar-refractivity contribution in [3.8, 4) is 0 Å². The highest BCUT2D eigenvalue weighted by Gasteiger charge is 2.32. The quantitative estimate of drug-likeness (QED) is 0.579. The first-order chi connectivity index (χ1) is 15.4. The number of rotatable bonds is 8. The third-order valence-electron chi connectivity index (χ3n) is 5.85. The summed E-state index contributed by atoms with van der Waals surface area (Å²) < 4.78 is 46.6. The zero-order valence-corrected chi connectivity index (χ0v) is 19.5. The fraction of sp³-hybridized carbons (Fsp3) is 0.500. The summed E-state index contributed by atoms with van der Waals surface area (Å²) in [5.41, 5.74) is 0. The zero-order valence-electron chi connectivity index (χ0n) is 17.9. The van der Waals surface area contributed by atoms with Crippen molar-refractivity contribution in [1.29, 1.82) is 0 Å². The van der Waals surface area contributed by atoms with Crippen LogP contribution in [0.1, 0.15) is 17.7 Å². The normalized spacial score (nSPS) is 20.2. The molecule has 0 spiro atoms. The smallest absolute Gasteiger partial charge is 0.246 e. The van der Waals surface area contributed by atoms with Gasteiger partial charge in [0.2, 0.25) is 15.9 Å². The molecule has 2 aliphatic rings. The minimum atomic E-state index is -3.92. The van der Waals surface area contributed by atoms with Crippen molar-refractivity contribution in [3.63, 3.8) is 0 Å². The second-order valence-electron chi connectivity index (χ2n) is 8.10. The molecule has 32 heavy (non-hydrogen) atoms. The van der Waals surface area contributed by atoms with Gasteiger partial charge in [-0.05, 0) is 36.4 Å². The maximum absolute atomic E-state index is 14.0. The third kappa shape index (κ3) is 5.55. The van der Waals surface area contributed by atoms with E-state index in [1.807, 2.05) is 11.4 Å². The highest BCUT2D eigenvalue weighted by molar-refractivity contribution is 7.89. The van der Waals surface area contributed by atoms with Crippen LogP contribution in [0.25, 0.3) is 0 Å². The van der Waals surface area contributed by atoms with Gasteiger partial charge in [0.05, 0.1) is 12.6 Å². The number of nitrogens with zero attached hydrogens (tertiary/aromatic N) is 3. The molecule has 2 aromatic rings. The van der Waals surface area contributed by atoms with E-state index in [0.717, 1.165) is 25.5 Å². The van der Waals surface area contributed by atoms with Gasteiger partial charge in [0.25, 0.3) is 0 Å². The number of piperazine rings is 1. The predicted octanol–water partition coefficient (Wildman–Crippen LogP) is 2.40. The van der Waals surface area contributed by atoms with Gasteiger partial charge in [-0.2, -0.15) is 4.31 Å². The molecule has 0 saturated carbocycles. The molecular weight excluding hydrogens is 453 g/mol. The zero-order chi connectivity index (χ0) is 22.6. The average Bonchev–Trinajstić information content (AvgIpc) is 3.48. The number of thiophene rings is 1. The van der Waals surface area contributed by atoms with Crippen LogP contribution in [0.4, 0.5) is 4.39 Å². The number of amides is 1. The summed E-state index contributed by atoms with van der Waals surface area (Å²) in [6.45, 7) is 3.30. The lowest BCUT2D eigenvalue weighted by Gasteiger charge is -2.35. The number of hydrogen-bond acceptors (Lipinski definition) is 6. The Morgan fingerprint density at radius 2 is 1.94 bits per heavy atom. The lowest BCUT2D eigenvalue weighted by atomic mass is 10.2. The summed E-state index contributed by atoms with van der Waals surface area (Å²) in [5, 5.41) is 2.02. The number of benzene rings is 1. The van der Waals surface area contributed by atoms with Gasteiger partial charge in [0.15, 0.2) is 0 Å². The molecule has 0 bridgehead atoms. The lowest BCUT2D eigenvalue weighted by Crippen LogP contribution is -2.52. The SMILES string of the molecule is O=C(CN(Cc1cccs1)CC1CCCO1)N1CCN(S(=O)(=O)c2ccccc2F)CC1. The molecule has 2 fully saturated rings. The van der Waals surface area contributed by atoms with Crippen LogP contribution >= 0.6 is 11.3 Å². The van der Waals surface area contributed by atoms with Crippen LogP contribution in [-0.4, -0.2) is 80.4 Å². The van der Waals surface area contributed by atoms with Gasteiger partial charge < -0.3 is 9.64 Å². The van der Waals surface area contributed by atoms with Gasteiger partial charge in [-0.3, -0.25) is 9.69 Å². The van der Waals surface area contributed by atoms with Gasteiger partial charge in [-0.1, -0.05) is 18.2 Å². The van der Waals surface area contributed by atoms with E-state index in [9.17, 15) is 17.6 Å². The first kappa shape index (κ1) is 23.3. The molecule has 174 valence electrons. The summed E-state index contributed by atoms with van der Waals surface area (Å²) in [6.07, 6.45) is 2.19. The Balaban J connectivity index is 1.35. The standard InChI is InChI=1S/C22H28FN3O4S2/c23-20-7-1-2-8-21(20)32(28,29)26-11-9-25(10-12-26)22(27)17-24(15-18-5-3-13-30-18)16-19-6-4-14-31-19/h1-2,4,6-8,14,18H,3,5,9-13,15-17H2. The Morgan fingerprint density at radius 1 is 1.16 bits per heavy atom. The van der Waals surface area contributed by atoms with Gasteiger partial charge in [0.1, 0.15) is 10.7 Å². The van der Waals surface area contributed by atoms with Crippen molar-refractivity contribution >= 4 is 27.3 Å².